The molecule has 0 aliphatic rings. The van der Waals surface area contributed by atoms with Gasteiger partial charge in [-0.2, -0.15) is 0 Å². The average Bonchev–Trinajstić information content (AvgIpc) is 3.35. The number of carbonyl (C=O) groups is 1. The number of nitrogens with zero attached hydrogens (tertiary/aromatic N) is 1. The van der Waals surface area contributed by atoms with E-state index >= 15 is 0 Å². The number of ether oxygens (including phenoxy) is 2. The zero-order valence-corrected chi connectivity index (χ0v) is 18.4. The standard InChI is InChI=1S/C26H24N2O3S/c29-25(28-18-21-9-12-23(13-10-21)31-26-27-15-16-32-26)14-11-20-7-4-8-24(17-20)30-19-22-5-2-1-3-6-22/h1-10,12-13,15-17H,11,14,18-19H2,(H,28,29). The molecule has 0 radical (unpaired) electrons. The van der Waals surface area contributed by atoms with Crippen molar-refractivity contribution in [3.63, 3.8) is 0 Å². The summed E-state index contributed by atoms with van der Waals surface area (Å²) < 4.78 is 11.5. The molecule has 3 aromatic carbocycles. The first-order valence-electron chi connectivity index (χ1n) is 10.4. The Morgan fingerprint density at radius 2 is 1.69 bits per heavy atom. The largest absolute Gasteiger partial charge is 0.489 e. The van der Waals surface area contributed by atoms with Gasteiger partial charge in [0.1, 0.15) is 18.1 Å². The Morgan fingerprint density at radius 3 is 2.47 bits per heavy atom. The minimum Gasteiger partial charge on any atom is -0.489 e. The maximum atomic E-state index is 12.3. The molecule has 32 heavy (non-hydrogen) atoms. The van der Waals surface area contributed by atoms with Crippen molar-refractivity contribution in [1.29, 1.82) is 0 Å². The molecule has 0 bridgehead atoms. The van der Waals surface area contributed by atoms with Gasteiger partial charge in [0.25, 0.3) is 5.19 Å². The third-order valence-corrected chi connectivity index (χ3v) is 5.46. The van der Waals surface area contributed by atoms with Crippen LogP contribution in [0, 0.1) is 0 Å². The van der Waals surface area contributed by atoms with E-state index < -0.39 is 0 Å². The molecule has 0 aliphatic carbocycles. The SMILES string of the molecule is O=C(CCc1cccc(OCc2ccccc2)c1)NCc1ccc(Oc2nccs2)cc1. The molecule has 0 atom stereocenters. The fourth-order valence-corrected chi connectivity index (χ4v) is 3.62. The maximum Gasteiger partial charge on any atom is 0.278 e. The topological polar surface area (TPSA) is 60.5 Å². The first-order chi connectivity index (χ1) is 15.7. The van der Waals surface area contributed by atoms with Crippen LogP contribution in [0.3, 0.4) is 0 Å². The first-order valence-corrected chi connectivity index (χ1v) is 11.3. The van der Waals surface area contributed by atoms with Crippen molar-refractivity contribution in [3.8, 4) is 16.7 Å². The number of nitrogens with one attached hydrogen (secondary N) is 1. The summed E-state index contributed by atoms with van der Waals surface area (Å²) in [6.45, 7) is 1.01. The van der Waals surface area contributed by atoms with Gasteiger partial charge in [0, 0.05) is 24.5 Å². The third-order valence-electron chi connectivity index (χ3n) is 4.82. The van der Waals surface area contributed by atoms with Crippen molar-refractivity contribution in [2.75, 3.05) is 0 Å². The zero-order chi connectivity index (χ0) is 22.0. The Balaban J connectivity index is 1.20. The molecule has 1 N–H and O–H groups in total. The van der Waals surface area contributed by atoms with E-state index in [-0.39, 0.29) is 5.91 Å². The minimum absolute atomic E-state index is 0.0173. The Kier molecular flexibility index (Phi) is 7.50. The molecule has 1 aromatic heterocycles. The highest BCUT2D eigenvalue weighted by Crippen LogP contribution is 2.23. The molecule has 6 heteroatoms. The maximum absolute atomic E-state index is 12.3. The number of aryl methyl sites for hydroxylation is 1. The van der Waals surface area contributed by atoms with E-state index in [1.54, 1.807) is 6.20 Å². The van der Waals surface area contributed by atoms with E-state index in [0.717, 1.165) is 28.2 Å². The van der Waals surface area contributed by atoms with Gasteiger partial charge in [-0.15, -0.1) is 0 Å². The van der Waals surface area contributed by atoms with Gasteiger partial charge in [0.05, 0.1) is 0 Å². The minimum atomic E-state index is 0.0173. The Bertz CT molecular complexity index is 1110. The predicted molar refractivity (Wildman–Crippen MR) is 126 cm³/mol. The van der Waals surface area contributed by atoms with Crippen molar-refractivity contribution >= 4 is 17.2 Å². The van der Waals surface area contributed by atoms with Crippen molar-refractivity contribution in [2.24, 2.45) is 0 Å². The van der Waals surface area contributed by atoms with Crippen LogP contribution in [-0.4, -0.2) is 10.9 Å². The van der Waals surface area contributed by atoms with E-state index in [1.165, 1.54) is 11.3 Å². The number of thiazole rings is 1. The van der Waals surface area contributed by atoms with Crippen LogP contribution in [0.2, 0.25) is 0 Å². The van der Waals surface area contributed by atoms with Gasteiger partial charge in [0.2, 0.25) is 5.91 Å². The lowest BCUT2D eigenvalue weighted by atomic mass is 10.1. The van der Waals surface area contributed by atoms with Crippen molar-refractivity contribution in [1.82, 2.24) is 10.3 Å². The summed E-state index contributed by atoms with van der Waals surface area (Å²) in [5.41, 5.74) is 3.22. The number of aromatic nitrogens is 1. The molecule has 5 nitrogen and oxygen atoms in total. The molecule has 0 spiro atoms. The average molecular weight is 445 g/mol. The molecule has 0 fully saturated rings. The third kappa shape index (κ3) is 6.68. The molecule has 1 amide bonds. The Hall–Kier alpha value is -3.64. The Labute approximate surface area is 191 Å². The van der Waals surface area contributed by atoms with Crippen LogP contribution in [0.15, 0.2) is 90.4 Å². The molecular weight excluding hydrogens is 420 g/mol. The van der Waals surface area contributed by atoms with E-state index in [2.05, 4.69) is 10.3 Å². The van der Waals surface area contributed by atoms with Gasteiger partial charge in [0.15, 0.2) is 0 Å². The molecular formula is C26H24N2O3S. The van der Waals surface area contributed by atoms with Crippen LogP contribution in [0.25, 0.3) is 0 Å². The molecule has 0 unspecified atom stereocenters. The summed E-state index contributed by atoms with van der Waals surface area (Å²) in [4.78, 5) is 16.4. The molecule has 4 rings (SSSR count). The second-order valence-electron chi connectivity index (χ2n) is 7.24. The molecule has 1 heterocycles. The van der Waals surface area contributed by atoms with Crippen LogP contribution < -0.4 is 14.8 Å². The number of hydrogen-bond donors (Lipinski definition) is 1. The van der Waals surface area contributed by atoms with E-state index in [1.807, 2.05) is 84.2 Å². The summed E-state index contributed by atoms with van der Waals surface area (Å²) in [6.07, 6.45) is 2.79. The first kappa shape index (κ1) is 21.6. The van der Waals surface area contributed by atoms with Crippen molar-refractivity contribution in [2.45, 2.75) is 26.0 Å². The lowest BCUT2D eigenvalue weighted by Crippen LogP contribution is -2.22. The lowest BCUT2D eigenvalue weighted by Gasteiger charge is -2.09. The van der Waals surface area contributed by atoms with Gasteiger partial charge < -0.3 is 14.8 Å². The van der Waals surface area contributed by atoms with Crippen molar-refractivity contribution in [3.05, 3.63) is 107 Å². The van der Waals surface area contributed by atoms with E-state index in [9.17, 15) is 4.79 Å². The highest BCUT2D eigenvalue weighted by molar-refractivity contribution is 7.11. The fourth-order valence-electron chi connectivity index (χ4n) is 3.12. The molecule has 162 valence electrons. The smallest absolute Gasteiger partial charge is 0.278 e. The number of carbonyl (C=O) groups excluding carboxylic acids is 1. The van der Waals surface area contributed by atoms with Crippen LogP contribution in [0.4, 0.5) is 0 Å². The van der Waals surface area contributed by atoms with Crippen LogP contribution in [-0.2, 0) is 24.4 Å². The predicted octanol–water partition coefficient (Wildman–Crippen LogP) is 5.76. The van der Waals surface area contributed by atoms with Crippen molar-refractivity contribution < 1.29 is 14.3 Å². The number of hydrogen-bond acceptors (Lipinski definition) is 5. The summed E-state index contributed by atoms with van der Waals surface area (Å²) in [6, 6.07) is 25.6. The number of rotatable bonds is 10. The summed E-state index contributed by atoms with van der Waals surface area (Å²) >= 11 is 1.44. The van der Waals surface area contributed by atoms with Gasteiger partial charge >= 0.3 is 0 Å². The van der Waals surface area contributed by atoms with Crippen LogP contribution >= 0.6 is 11.3 Å². The molecule has 4 aromatic rings. The van der Waals surface area contributed by atoms with Gasteiger partial charge in [-0.05, 0) is 47.4 Å². The van der Waals surface area contributed by atoms with Crippen LogP contribution in [0.5, 0.6) is 16.7 Å². The second kappa shape index (κ2) is 11.1. The van der Waals surface area contributed by atoms with Gasteiger partial charge in [-0.1, -0.05) is 65.9 Å². The molecule has 0 aliphatic heterocycles. The fraction of sp³-hybridized carbons (Fsp3) is 0.154. The monoisotopic (exact) mass is 444 g/mol. The zero-order valence-electron chi connectivity index (χ0n) is 17.6. The van der Waals surface area contributed by atoms with E-state index in [0.29, 0.717) is 31.2 Å². The van der Waals surface area contributed by atoms with E-state index in [4.69, 9.17) is 9.47 Å². The second-order valence-corrected chi connectivity index (χ2v) is 8.10. The number of amides is 1. The highest BCUT2D eigenvalue weighted by atomic mass is 32.1. The quantitative estimate of drug-likeness (QED) is 0.338. The molecule has 0 saturated heterocycles. The summed E-state index contributed by atoms with van der Waals surface area (Å²) in [5.74, 6) is 1.56. The molecule has 0 saturated carbocycles. The van der Waals surface area contributed by atoms with Gasteiger partial charge in [-0.25, -0.2) is 4.98 Å². The Morgan fingerprint density at radius 1 is 0.875 bits per heavy atom. The lowest BCUT2D eigenvalue weighted by molar-refractivity contribution is -0.121. The van der Waals surface area contributed by atoms with Crippen LogP contribution in [0.1, 0.15) is 23.1 Å². The normalized spacial score (nSPS) is 10.5. The highest BCUT2D eigenvalue weighted by Gasteiger charge is 2.05. The summed E-state index contributed by atoms with van der Waals surface area (Å²) in [7, 11) is 0. The van der Waals surface area contributed by atoms with Gasteiger partial charge in [-0.3, -0.25) is 4.79 Å². The number of benzene rings is 3. The summed E-state index contributed by atoms with van der Waals surface area (Å²) in [5, 5.41) is 5.45.